The lowest BCUT2D eigenvalue weighted by atomic mass is 10.1. The number of hydrogen-bond acceptors (Lipinski definition) is 7. The van der Waals surface area contributed by atoms with Crippen molar-refractivity contribution in [2.45, 2.75) is 13.5 Å². The van der Waals surface area contributed by atoms with Crippen LogP contribution in [-0.2, 0) is 16.2 Å². The molecule has 2 saturated heterocycles. The van der Waals surface area contributed by atoms with Gasteiger partial charge in [0.25, 0.3) is 11.1 Å². The van der Waals surface area contributed by atoms with Crippen LogP contribution in [0.25, 0.3) is 16.8 Å². The smallest absolute Gasteiger partial charge is 0.294 e. The summed E-state index contributed by atoms with van der Waals surface area (Å²) in [5, 5.41) is 2.10. The standard InChI is InChI=1S/C35H32ClN3O5S/c1-2-43-30-20-25(19-29(36)33(30)44-23-24-12-13-26-8-6-7-9-27(26)18-24)21-31-34(41)39(35(42)45-31)22-32(40)38-16-14-37(15-17-38)28-10-4-3-5-11-28/h3-13,18-21H,2,14-17,22-23H2,1H3/b31-21+. The van der Waals surface area contributed by atoms with E-state index in [1.807, 2.05) is 55.5 Å². The van der Waals surface area contributed by atoms with Crippen molar-refractivity contribution in [2.24, 2.45) is 0 Å². The first-order valence-electron chi connectivity index (χ1n) is 14.8. The molecule has 0 bridgehead atoms. The van der Waals surface area contributed by atoms with E-state index in [0.29, 0.717) is 54.9 Å². The molecule has 2 aliphatic rings. The van der Waals surface area contributed by atoms with Crippen LogP contribution < -0.4 is 14.4 Å². The molecular formula is C35H32ClN3O5S. The number of para-hydroxylation sites is 1. The lowest BCUT2D eigenvalue weighted by Crippen LogP contribution is -2.51. The summed E-state index contributed by atoms with van der Waals surface area (Å²) in [5.41, 5.74) is 2.67. The maximum absolute atomic E-state index is 13.2. The number of nitrogens with zero attached hydrogens (tertiary/aromatic N) is 3. The Morgan fingerprint density at radius 3 is 2.38 bits per heavy atom. The summed E-state index contributed by atoms with van der Waals surface area (Å²) in [7, 11) is 0. The van der Waals surface area contributed by atoms with E-state index in [9.17, 15) is 14.4 Å². The molecule has 4 aromatic carbocycles. The number of hydrogen-bond donors (Lipinski definition) is 0. The van der Waals surface area contributed by atoms with Crippen LogP contribution >= 0.6 is 23.4 Å². The van der Waals surface area contributed by atoms with Gasteiger partial charge in [-0.15, -0.1) is 0 Å². The Bertz CT molecular complexity index is 1770. The van der Waals surface area contributed by atoms with Crippen LogP contribution in [0, 0.1) is 0 Å². The minimum atomic E-state index is -0.507. The Morgan fingerprint density at radius 1 is 0.889 bits per heavy atom. The summed E-state index contributed by atoms with van der Waals surface area (Å²) in [5.74, 6) is 0.0730. The maximum Gasteiger partial charge on any atom is 0.294 e. The number of ether oxygens (including phenoxy) is 2. The van der Waals surface area contributed by atoms with Gasteiger partial charge in [-0.05, 0) is 77.0 Å². The molecule has 45 heavy (non-hydrogen) atoms. The first-order valence-corrected chi connectivity index (χ1v) is 16.0. The molecule has 230 valence electrons. The van der Waals surface area contributed by atoms with Crippen molar-refractivity contribution < 1.29 is 23.9 Å². The highest BCUT2D eigenvalue weighted by Crippen LogP contribution is 2.39. The molecule has 0 radical (unpaired) electrons. The predicted octanol–water partition coefficient (Wildman–Crippen LogP) is 6.86. The number of imide groups is 1. The lowest BCUT2D eigenvalue weighted by molar-refractivity contribution is -0.136. The van der Waals surface area contributed by atoms with Crippen molar-refractivity contribution in [1.29, 1.82) is 0 Å². The molecule has 10 heteroatoms. The van der Waals surface area contributed by atoms with Gasteiger partial charge in [0.1, 0.15) is 13.2 Å². The van der Waals surface area contributed by atoms with Crippen molar-refractivity contribution in [1.82, 2.24) is 9.80 Å². The van der Waals surface area contributed by atoms with Crippen LogP contribution in [0.4, 0.5) is 10.5 Å². The third-order valence-corrected chi connectivity index (χ3v) is 8.94. The Balaban J connectivity index is 1.11. The van der Waals surface area contributed by atoms with E-state index in [1.165, 1.54) is 0 Å². The largest absolute Gasteiger partial charge is 0.490 e. The van der Waals surface area contributed by atoms with Crippen molar-refractivity contribution >= 4 is 63.0 Å². The summed E-state index contributed by atoms with van der Waals surface area (Å²) in [6.07, 6.45) is 1.59. The number of benzene rings is 4. The molecule has 0 spiro atoms. The molecule has 8 nitrogen and oxygen atoms in total. The lowest BCUT2D eigenvalue weighted by Gasteiger charge is -2.36. The summed E-state index contributed by atoms with van der Waals surface area (Å²) >= 11 is 7.46. The SMILES string of the molecule is CCOc1cc(/C=C2/SC(=O)N(CC(=O)N3CCN(c4ccccc4)CC3)C2=O)cc(Cl)c1OCc1ccc2ccccc2c1. The highest BCUT2D eigenvalue weighted by atomic mass is 35.5. The van der Waals surface area contributed by atoms with Gasteiger partial charge in [-0.25, -0.2) is 0 Å². The molecule has 0 saturated carbocycles. The van der Waals surface area contributed by atoms with Crippen LogP contribution in [0.1, 0.15) is 18.1 Å². The molecule has 0 aromatic heterocycles. The Morgan fingerprint density at radius 2 is 1.62 bits per heavy atom. The topological polar surface area (TPSA) is 79.4 Å². The molecule has 0 unspecified atom stereocenters. The Hall–Kier alpha value is -4.47. The highest BCUT2D eigenvalue weighted by molar-refractivity contribution is 8.18. The average molecular weight is 642 g/mol. The van der Waals surface area contributed by atoms with E-state index >= 15 is 0 Å². The summed E-state index contributed by atoms with van der Waals surface area (Å²) in [4.78, 5) is 44.3. The minimum Gasteiger partial charge on any atom is -0.490 e. The van der Waals surface area contributed by atoms with Crippen LogP contribution in [0.3, 0.4) is 0 Å². The summed E-state index contributed by atoms with van der Waals surface area (Å²) in [6.45, 7) is 4.65. The van der Waals surface area contributed by atoms with E-state index < -0.39 is 11.1 Å². The second kappa shape index (κ2) is 13.7. The number of carbonyl (C=O) groups is 3. The van der Waals surface area contributed by atoms with E-state index in [0.717, 1.165) is 38.7 Å². The van der Waals surface area contributed by atoms with E-state index in [2.05, 4.69) is 29.2 Å². The average Bonchev–Trinajstić information content (AvgIpc) is 3.32. The fourth-order valence-corrected chi connectivity index (χ4v) is 6.55. The summed E-state index contributed by atoms with van der Waals surface area (Å²) < 4.78 is 12.0. The molecule has 3 amide bonds. The van der Waals surface area contributed by atoms with Gasteiger partial charge in [0.15, 0.2) is 11.5 Å². The number of anilines is 1. The maximum atomic E-state index is 13.2. The van der Waals surface area contributed by atoms with Gasteiger partial charge in [0.2, 0.25) is 5.91 Å². The Kier molecular flexibility index (Phi) is 9.28. The third-order valence-electron chi connectivity index (χ3n) is 7.75. The molecule has 2 fully saturated rings. The van der Waals surface area contributed by atoms with Gasteiger partial charge in [0, 0.05) is 31.9 Å². The van der Waals surface area contributed by atoms with Gasteiger partial charge < -0.3 is 19.3 Å². The van der Waals surface area contributed by atoms with E-state index in [-0.39, 0.29) is 24.0 Å². The van der Waals surface area contributed by atoms with Crippen molar-refractivity contribution in [3.05, 3.63) is 106 Å². The normalized spacial score (nSPS) is 16.1. The summed E-state index contributed by atoms with van der Waals surface area (Å²) in [6, 6.07) is 27.7. The van der Waals surface area contributed by atoms with Crippen molar-refractivity contribution in [2.75, 3.05) is 44.2 Å². The number of halogens is 1. The number of carbonyl (C=O) groups excluding carboxylic acids is 3. The molecule has 2 aliphatic heterocycles. The highest BCUT2D eigenvalue weighted by Gasteiger charge is 2.37. The van der Waals surface area contributed by atoms with Crippen molar-refractivity contribution in [3.8, 4) is 11.5 Å². The zero-order valence-corrected chi connectivity index (χ0v) is 26.4. The third kappa shape index (κ3) is 6.95. The molecule has 2 heterocycles. The molecule has 0 atom stereocenters. The minimum absolute atomic E-state index is 0.213. The predicted molar refractivity (Wildman–Crippen MR) is 179 cm³/mol. The second-order valence-corrected chi connectivity index (χ2v) is 12.1. The van der Waals surface area contributed by atoms with Gasteiger partial charge in [-0.1, -0.05) is 66.2 Å². The van der Waals surface area contributed by atoms with Gasteiger partial charge in [0.05, 0.1) is 16.5 Å². The number of fused-ring (bicyclic) bond motifs is 1. The number of amides is 3. The van der Waals surface area contributed by atoms with Crippen LogP contribution in [-0.4, -0.2) is 66.2 Å². The van der Waals surface area contributed by atoms with Crippen LogP contribution in [0.5, 0.6) is 11.5 Å². The first kappa shape index (κ1) is 30.6. The molecule has 6 rings (SSSR count). The fraction of sp³-hybridized carbons (Fsp3) is 0.229. The first-order chi connectivity index (χ1) is 21.9. The van der Waals surface area contributed by atoms with Crippen LogP contribution in [0.15, 0.2) is 89.8 Å². The number of rotatable bonds is 9. The van der Waals surface area contributed by atoms with Gasteiger partial charge in [-0.3, -0.25) is 19.3 Å². The van der Waals surface area contributed by atoms with E-state index in [1.54, 1.807) is 23.1 Å². The zero-order chi connectivity index (χ0) is 31.3. The second-order valence-electron chi connectivity index (χ2n) is 10.7. The molecule has 4 aromatic rings. The van der Waals surface area contributed by atoms with E-state index in [4.69, 9.17) is 21.1 Å². The fourth-order valence-electron chi connectivity index (χ4n) is 5.43. The van der Waals surface area contributed by atoms with Crippen LogP contribution in [0.2, 0.25) is 5.02 Å². The Labute approximate surface area is 271 Å². The van der Waals surface area contributed by atoms with Gasteiger partial charge >= 0.3 is 0 Å². The molecule has 0 aliphatic carbocycles. The zero-order valence-electron chi connectivity index (χ0n) is 24.8. The quantitative estimate of drug-likeness (QED) is 0.185. The monoisotopic (exact) mass is 641 g/mol. The number of thioether (sulfide) groups is 1. The molecular weight excluding hydrogens is 610 g/mol. The van der Waals surface area contributed by atoms with Crippen molar-refractivity contribution in [3.63, 3.8) is 0 Å². The molecule has 0 N–H and O–H groups in total. The van der Waals surface area contributed by atoms with Gasteiger partial charge in [-0.2, -0.15) is 0 Å². The number of piperazine rings is 1.